The lowest BCUT2D eigenvalue weighted by molar-refractivity contribution is -0.126. The number of carbonyl (C=O) groups excluding carboxylic acids is 1. The standard InChI is InChI=1S/C18H23NO2/c1-14-8-9-15(7-6-12-20)13-16(14)19-17(21)18(2)10-4-3-5-11-18/h8-9,13,20H,3-5,10-12H2,1-2H3,(H,19,21). The summed E-state index contributed by atoms with van der Waals surface area (Å²) in [7, 11) is 0. The van der Waals surface area contributed by atoms with Crippen LogP contribution in [0.1, 0.15) is 50.2 Å². The maximum atomic E-state index is 12.6. The van der Waals surface area contributed by atoms with Crippen molar-refractivity contribution in [1.29, 1.82) is 0 Å². The second kappa shape index (κ2) is 6.78. The number of aliphatic hydroxyl groups excluding tert-OH is 1. The van der Waals surface area contributed by atoms with Crippen molar-refractivity contribution in [2.45, 2.75) is 46.0 Å². The van der Waals surface area contributed by atoms with Gasteiger partial charge in [0.2, 0.25) is 5.91 Å². The smallest absolute Gasteiger partial charge is 0.230 e. The Hall–Kier alpha value is -1.79. The Morgan fingerprint density at radius 3 is 2.71 bits per heavy atom. The maximum Gasteiger partial charge on any atom is 0.230 e. The number of hydrogen-bond donors (Lipinski definition) is 2. The van der Waals surface area contributed by atoms with E-state index in [2.05, 4.69) is 24.1 Å². The molecule has 1 fully saturated rings. The average Bonchev–Trinajstić information content (AvgIpc) is 2.48. The Balaban J connectivity index is 2.16. The summed E-state index contributed by atoms with van der Waals surface area (Å²) in [5.74, 6) is 5.61. The minimum atomic E-state index is -0.253. The van der Waals surface area contributed by atoms with E-state index in [1.165, 1.54) is 6.42 Å². The number of benzene rings is 1. The molecule has 1 aromatic carbocycles. The van der Waals surface area contributed by atoms with E-state index < -0.39 is 0 Å². The van der Waals surface area contributed by atoms with Crippen molar-refractivity contribution in [3.63, 3.8) is 0 Å². The topological polar surface area (TPSA) is 49.3 Å². The van der Waals surface area contributed by atoms with E-state index in [1.54, 1.807) is 0 Å². The van der Waals surface area contributed by atoms with Gasteiger partial charge in [0.1, 0.15) is 6.61 Å². The number of carbonyl (C=O) groups is 1. The van der Waals surface area contributed by atoms with Crippen LogP contribution in [0.4, 0.5) is 5.69 Å². The molecule has 0 aromatic heterocycles. The first-order valence-electron chi connectivity index (χ1n) is 7.57. The summed E-state index contributed by atoms with van der Waals surface area (Å²) in [6.45, 7) is 3.88. The molecular weight excluding hydrogens is 262 g/mol. The molecule has 0 saturated heterocycles. The zero-order valence-electron chi connectivity index (χ0n) is 12.8. The summed E-state index contributed by atoms with van der Waals surface area (Å²) < 4.78 is 0. The van der Waals surface area contributed by atoms with Gasteiger partial charge in [-0.25, -0.2) is 0 Å². The van der Waals surface area contributed by atoms with Crippen LogP contribution in [0.3, 0.4) is 0 Å². The molecule has 0 unspecified atom stereocenters. The lowest BCUT2D eigenvalue weighted by Crippen LogP contribution is -2.35. The van der Waals surface area contributed by atoms with Crippen LogP contribution >= 0.6 is 0 Å². The fourth-order valence-electron chi connectivity index (χ4n) is 2.81. The number of aliphatic hydroxyl groups is 1. The van der Waals surface area contributed by atoms with E-state index in [0.717, 1.165) is 42.5 Å². The van der Waals surface area contributed by atoms with Crippen LogP contribution in [-0.2, 0) is 4.79 Å². The van der Waals surface area contributed by atoms with Gasteiger partial charge in [-0.3, -0.25) is 4.79 Å². The van der Waals surface area contributed by atoms with E-state index >= 15 is 0 Å². The molecule has 2 N–H and O–H groups in total. The van der Waals surface area contributed by atoms with Gasteiger partial charge in [0, 0.05) is 16.7 Å². The second-order valence-electron chi connectivity index (χ2n) is 6.07. The minimum Gasteiger partial charge on any atom is -0.384 e. The molecule has 0 bridgehead atoms. The van der Waals surface area contributed by atoms with Gasteiger partial charge in [0.25, 0.3) is 0 Å². The normalized spacial score (nSPS) is 16.7. The molecule has 1 saturated carbocycles. The largest absolute Gasteiger partial charge is 0.384 e. The number of hydrogen-bond acceptors (Lipinski definition) is 2. The van der Waals surface area contributed by atoms with Crippen LogP contribution in [0.2, 0.25) is 0 Å². The van der Waals surface area contributed by atoms with Gasteiger partial charge < -0.3 is 10.4 Å². The first-order chi connectivity index (χ1) is 10.0. The predicted molar refractivity (Wildman–Crippen MR) is 85.0 cm³/mol. The lowest BCUT2D eigenvalue weighted by Gasteiger charge is -2.32. The van der Waals surface area contributed by atoms with Crippen molar-refractivity contribution < 1.29 is 9.90 Å². The molecule has 112 valence electrons. The molecule has 3 heteroatoms. The van der Waals surface area contributed by atoms with Crippen LogP contribution in [0.25, 0.3) is 0 Å². The second-order valence-corrected chi connectivity index (χ2v) is 6.07. The van der Waals surface area contributed by atoms with E-state index in [4.69, 9.17) is 5.11 Å². The van der Waals surface area contributed by atoms with Crippen molar-refractivity contribution in [3.05, 3.63) is 29.3 Å². The molecule has 3 nitrogen and oxygen atoms in total. The van der Waals surface area contributed by atoms with Gasteiger partial charge in [-0.2, -0.15) is 0 Å². The Bertz CT molecular complexity index is 575. The molecule has 2 rings (SSSR count). The molecule has 21 heavy (non-hydrogen) atoms. The zero-order valence-corrected chi connectivity index (χ0v) is 12.8. The van der Waals surface area contributed by atoms with Crippen molar-refractivity contribution in [1.82, 2.24) is 0 Å². The van der Waals surface area contributed by atoms with Crippen LogP contribution in [-0.4, -0.2) is 17.6 Å². The van der Waals surface area contributed by atoms with Gasteiger partial charge in [-0.05, 0) is 37.5 Å². The quantitative estimate of drug-likeness (QED) is 0.820. The summed E-state index contributed by atoms with van der Waals surface area (Å²) in [4.78, 5) is 12.6. The molecule has 0 heterocycles. The lowest BCUT2D eigenvalue weighted by atomic mass is 9.75. The molecular formula is C18H23NO2. The number of nitrogens with one attached hydrogen (secondary N) is 1. The zero-order chi connectivity index (χ0) is 15.3. The summed E-state index contributed by atoms with van der Waals surface area (Å²) >= 11 is 0. The Morgan fingerprint density at radius 1 is 1.33 bits per heavy atom. The molecule has 1 aliphatic rings. The van der Waals surface area contributed by atoms with Crippen molar-refractivity contribution >= 4 is 11.6 Å². The van der Waals surface area contributed by atoms with Crippen LogP contribution < -0.4 is 5.32 Å². The molecule has 1 amide bonds. The Kier molecular flexibility index (Phi) is 5.03. The SMILES string of the molecule is Cc1ccc(C#CCO)cc1NC(=O)C1(C)CCCCC1. The third-order valence-corrected chi connectivity index (χ3v) is 4.30. The third kappa shape index (κ3) is 3.86. The van der Waals surface area contributed by atoms with E-state index in [1.807, 2.05) is 25.1 Å². The predicted octanol–water partition coefficient (Wildman–Crippen LogP) is 3.25. The van der Waals surface area contributed by atoms with Crippen LogP contribution in [0, 0.1) is 24.2 Å². The molecule has 0 aliphatic heterocycles. The summed E-state index contributed by atoms with van der Waals surface area (Å²) in [5.41, 5.74) is 2.39. The molecule has 1 aliphatic carbocycles. The number of rotatable bonds is 2. The van der Waals surface area contributed by atoms with Crippen molar-refractivity contribution in [2.24, 2.45) is 5.41 Å². The average molecular weight is 285 g/mol. The number of aryl methyl sites for hydroxylation is 1. The maximum absolute atomic E-state index is 12.6. The molecule has 1 aromatic rings. The van der Waals surface area contributed by atoms with Gasteiger partial charge in [-0.1, -0.05) is 44.1 Å². The third-order valence-electron chi connectivity index (χ3n) is 4.30. The summed E-state index contributed by atoms with van der Waals surface area (Å²) in [6.07, 6.45) is 5.41. The highest BCUT2D eigenvalue weighted by Gasteiger charge is 2.34. The first-order valence-corrected chi connectivity index (χ1v) is 7.57. The van der Waals surface area contributed by atoms with Crippen LogP contribution in [0.5, 0.6) is 0 Å². The molecule has 0 atom stereocenters. The van der Waals surface area contributed by atoms with Gasteiger partial charge >= 0.3 is 0 Å². The number of amides is 1. The van der Waals surface area contributed by atoms with Crippen molar-refractivity contribution in [2.75, 3.05) is 11.9 Å². The van der Waals surface area contributed by atoms with Crippen LogP contribution in [0.15, 0.2) is 18.2 Å². The minimum absolute atomic E-state index is 0.109. The van der Waals surface area contributed by atoms with E-state index in [0.29, 0.717) is 0 Å². The van der Waals surface area contributed by atoms with Gasteiger partial charge in [0.05, 0.1) is 0 Å². The monoisotopic (exact) mass is 285 g/mol. The highest BCUT2D eigenvalue weighted by atomic mass is 16.2. The first kappa shape index (κ1) is 15.6. The van der Waals surface area contributed by atoms with Gasteiger partial charge in [-0.15, -0.1) is 0 Å². The Labute approximate surface area is 126 Å². The summed E-state index contributed by atoms with van der Waals surface area (Å²) in [5, 5.41) is 11.8. The van der Waals surface area contributed by atoms with E-state index in [-0.39, 0.29) is 17.9 Å². The van der Waals surface area contributed by atoms with Crippen molar-refractivity contribution in [3.8, 4) is 11.8 Å². The molecule has 0 spiro atoms. The Morgan fingerprint density at radius 2 is 2.05 bits per heavy atom. The highest BCUT2D eigenvalue weighted by molar-refractivity contribution is 5.95. The fourth-order valence-corrected chi connectivity index (χ4v) is 2.81. The highest BCUT2D eigenvalue weighted by Crippen LogP contribution is 2.37. The van der Waals surface area contributed by atoms with Gasteiger partial charge in [0.15, 0.2) is 0 Å². The molecule has 0 radical (unpaired) electrons. The fraction of sp³-hybridized carbons (Fsp3) is 0.500. The number of anilines is 1. The van der Waals surface area contributed by atoms with E-state index in [9.17, 15) is 4.79 Å². The summed E-state index contributed by atoms with van der Waals surface area (Å²) in [6, 6.07) is 5.72.